The first-order valence-corrected chi connectivity index (χ1v) is 8.13. The maximum atomic E-state index is 12.4. The molecule has 0 fully saturated rings. The highest BCUT2D eigenvalue weighted by atomic mass is 16.3. The number of benzene rings is 2. The summed E-state index contributed by atoms with van der Waals surface area (Å²) in [5.74, 6) is -1.35. The molecule has 2 aromatic rings. The molecule has 0 saturated carbocycles. The SMILES string of the molecule is CC(=CC1=C([O-])c2ccccc2C1=O)C=C1C(=O)c2ccccc2C1=O. The van der Waals surface area contributed by atoms with E-state index in [-0.39, 0.29) is 34.3 Å². The van der Waals surface area contributed by atoms with Gasteiger partial charge in [-0.3, -0.25) is 14.4 Å². The Morgan fingerprint density at radius 2 is 1.23 bits per heavy atom. The van der Waals surface area contributed by atoms with Crippen LogP contribution in [0.1, 0.15) is 43.6 Å². The molecule has 0 unspecified atom stereocenters. The average Bonchev–Trinajstić information content (AvgIpc) is 3.03. The number of allylic oxidation sites excluding steroid dienone is 5. The van der Waals surface area contributed by atoms with Gasteiger partial charge in [0, 0.05) is 22.3 Å². The topological polar surface area (TPSA) is 74.3 Å². The summed E-state index contributed by atoms with van der Waals surface area (Å²) < 4.78 is 0. The van der Waals surface area contributed by atoms with E-state index in [4.69, 9.17) is 0 Å². The maximum absolute atomic E-state index is 12.4. The Bertz CT molecular complexity index is 1060. The van der Waals surface area contributed by atoms with Crippen LogP contribution in [0.5, 0.6) is 0 Å². The van der Waals surface area contributed by atoms with E-state index in [0.29, 0.717) is 27.8 Å². The number of hydrogen-bond acceptors (Lipinski definition) is 4. The molecule has 0 atom stereocenters. The molecule has 0 heterocycles. The fourth-order valence-corrected chi connectivity index (χ4v) is 3.30. The third kappa shape index (κ3) is 2.27. The zero-order valence-electron chi connectivity index (χ0n) is 13.9. The van der Waals surface area contributed by atoms with Gasteiger partial charge in [-0.25, -0.2) is 0 Å². The molecule has 4 nitrogen and oxygen atoms in total. The summed E-state index contributed by atoms with van der Waals surface area (Å²) in [4.78, 5) is 37.3. The van der Waals surface area contributed by atoms with Crippen LogP contribution < -0.4 is 5.11 Å². The Morgan fingerprint density at radius 3 is 1.73 bits per heavy atom. The highest BCUT2D eigenvalue weighted by Crippen LogP contribution is 2.31. The van der Waals surface area contributed by atoms with Gasteiger partial charge < -0.3 is 5.11 Å². The Labute approximate surface area is 149 Å². The van der Waals surface area contributed by atoms with E-state index in [1.165, 1.54) is 12.2 Å². The van der Waals surface area contributed by atoms with Crippen LogP contribution in [0.25, 0.3) is 5.76 Å². The number of rotatable bonds is 2. The highest BCUT2D eigenvalue weighted by Gasteiger charge is 2.32. The summed E-state index contributed by atoms with van der Waals surface area (Å²) in [6.07, 6.45) is 2.89. The number of Topliss-reactive ketones (excluding diaryl/α,β-unsaturated/α-hetero) is 3. The molecule has 4 rings (SSSR count). The molecule has 0 spiro atoms. The molecule has 0 N–H and O–H groups in total. The number of hydrogen-bond donors (Lipinski definition) is 0. The summed E-state index contributed by atoms with van der Waals surface area (Å²) in [7, 11) is 0. The zero-order valence-corrected chi connectivity index (χ0v) is 13.9. The molecule has 126 valence electrons. The van der Waals surface area contributed by atoms with Crippen molar-refractivity contribution in [3.05, 3.63) is 99.7 Å². The van der Waals surface area contributed by atoms with Crippen LogP contribution in [0.3, 0.4) is 0 Å². The van der Waals surface area contributed by atoms with Gasteiger partial charge in [-0.15, -0.1) is 0 Å². The summed E-state index contributed by atoms with van der Waals surface area (Å²) in [6.45, 7) is 1.66. The normalized spacial score (nSPS) is 16.3. The monoisotopic (exact) mass is 341 g/mol. The lowest BCUT2D eigenvalue weighted by Crippen LogP contribution is -2.03. The second-order valence-corrected chi connectivity index (χ2v) is 6.27. The summed E-state index contributed by atoms with van der Waals surface area (Å²) in [5.41, 5.74) is 2.12. The van der Waals surface area contributed by atoms with Crippen LogP contribution in [0.2, 0.25) is 0 Å². The molecule has 0 bridgehead atoms. The van der Waals surface area contributed by atoms with Crippen molar-refractivity contribution in [2.45, 2.75) is 6.92 Å². The van der Waals surface area contributed by atoms with Gasteiger partial charge in [-0.2, -0.15) is 0 Å². The van der Waals surface area contributed by atoms with Gasteiger partial charge >= 0.3 is 0 Å². The van der Waals surface area contributed by atoms with Gasteiger partial charge in [0.25, 0.3) is 0 Å². The highest BCUT2D eigenvalue weighted by molar-refractivity contribution is 6.39. The average molecular weight is 341 g/mol. The van der Waals surface area contributed by atoms with Crippen LogP contribution >= 0.6 is 0 Å². The Kier molecular flexibility index (Phi) is 3.55. The van der Waals surface area contributed by atoms with Crippen LogP contribution in [0, 0.1) is 0 Å². The standard InChI is InChI=1S/C22H14O4/c1-12(10-17-19(23)13-6-2-3-7-14(13)20(17)24)11-18-21(25)15-8-4-5-9-16(15)22(18)26/h2-11,23H,1H3/p-1. The third-order valence-electron chi connectivity index (χ3n) is 4.56. The molecule has 0 amide bonds. The fourth-order valence-electron chi connectivity index (χ4n) is 3.30. The van der Waals surface area contributed by atoms with Crippen molar-refractivity contribution < 1.29 is 19.5 Å². The molecule has 2 aromatic carbocycles. The lowest BCUT2D eigenvalue weighted by molar-refractivity contribution is -0.244. The first kappa shape index (κ1) is 16.0. The number of fused-ring (bicyclic) bond motifs is 2. The van der Waals surface area contributed by atoms with E-state index in [2.05, 4.69) is 0 Å². The van der Waals surface area contributed by atoms with E-state index < -0.39 is 0 Å². The molecular weight excluding hydrogens is 328 g/mol. The van der Waals surface area contributed by atoms with Crippen molar-refractivity contribution in [2.24, 2.45) is 0 Å². The van der Waals surface area contributed by atoms with Gasteiger partial charge in [-0.05, 0) is 30.2 Å². The number of ketones is 3. The second-order valence-electron chi connectivity index (χ2n) is 6.27. The van der Waals surface area contributed by atoms with Crippen LogP contribution in [0.15, 0.2) is 77.4 Å². The lowest BCUT2D eigenvalue weighted by Gasteiger charge is -2.09. The number of carbonyl (C=O) groups excluding carboxylic acids is 3. The van der Waals surface area contributed by atoms with Crippen molar-refractivity contribution in [1.29, 1.82) is 0 Å². The minimum Gasteiger partial charge on any atom is -0.872 e. The Hall–Kier alpha value is -3.53. The van der Waals surface area contributed by atoms with E-state index in [1.807, 2.05) is 0 Å². The molecular formula is C22H13O4-. The van der Waals surface area contributed by atoms with Crippen molar-refractivity contribution in [3.8, 4) is 0 Å². The molecule has 4 heteroatoms. The van der Waals surface area contributed by atoms with E-state index in [9.17, 15) is 19.5 Å². The van der Waals surface area contributed by atoms with E-state index in [1.54, 1.807) is 55.5 Å². The quantitative estimate of drug-likeness (QED) is 0.622. The number of carbonyl (C=O) groups is 3. The second kappa shape index (κ2) is 5.77. The molecule has 0 aliphatic heterocycles. The van der Waals surface area contributed by atoms with Gasteiger partial charge in [-0.1, -0.05) is 54.3 Å². The predicted octanol–water partition coefficient (Wildman–Crippen LogP) is 2.91. The van der Waals surface area contributed by atoms with Crippen LogP contribution in [-0.4, -0.2) is 17.3 Å². The Balaban J connectivity index is 1.72. The lowest BCUT2D eigenvalue weighted by atomic mass is 10.0. The predicted molar refractivity (Wildman–Crippen MR) is 94.6 cm³/mol. The minimum atomic E-state index is -0.337. The fraction of sp³-hybridized carbons (Fsp3) is 0.0455. The molecule has 0 saturated heterocycles. The molecule has 2 aliphatic rings. The maximum Gasteiger partial charge on any atom is 0.197 e. The molecule has 2 aliphatic carbocycles. The summed E-state index contributed by atoms with van der Waals surface area (Å²) in [5, 5.41) is 12.4. The van der Waals surface area contributed by atoms with Crippen LogP contribution in [-0.2, 0) is 0 Å². The largest absolute Gasteiger partial charge is 0.872 e. The van der Waals surface area contributed by atoms with Crippen molar-refractivity contribution >= 4 is 23.1 Å². The third-order valence-corrected chi connectivity index (χ3v) is 4.56. The smallest absolute Gasteiger partial charge is 0.197 e. The van der Waals surface area contributed by atoms with E-state index >= 15 is 0 Å². The van der Waals surface area contributed by atoms with Gasteiger partial charge in [0.15, 0.2) is 17.3 Å². The minimum absolute atomic E-state index is 0.0518. The first-order chi connectivity index (χ1) is 12.5. The zero-order chi connectivity index (χ0) is 18.4. The molecule has 0 aromatic heterocycles. The van der Waals surface area contributed by atoms with Gasteiger partial charge in [0.2, 0.25) is 0 Å². The van der Waals surface area contributed by atoms with Crippen molar-refractivity contribution in [2.75, 3.05) is 0 Å². The molecule has 0 radical (unpaired) electrons. The Morgan fingerprint density at radius 1 is 0.769 bits per heavy atom. The van der Waals surface area contributed by atoms with Gasteiger partial charge in [0.05, 0.1) is 5.57 Å². The van der Waals surface area contributed by atoms with E-state index in [0.717, 1.165) is 0 Å². The van der Waals surface area contributed by atoms with Crippen molar-refractivity contribution in [3.63, 3.8) is 0 Å². The van der Waals surface area contributed by atoms with Crippen molar-refractivity contribution in [1.82, 2.24) is 0 Å². The molecule has 26 heavy (non-hydrogen) atoms. The van der Waals surface area contributed by atoms with Crippen LogP contribution in [0.4, 0.5) is 0 Å². The summed E-state index contributed by atoms with van der Waals surface area (Å²) in [6, 6.07) is 13.3. The summed E-state index contributed by atoms with van der Waals surface area (Å²) >= 11 is 0. The first-order valence-electron chi connectivity index (χ1n) is 8.13. The van der Waals surface area contributed by atoms with Gasteiger partial charge in [0.1, 0.15) is 0 Å².